The molecule has 1 amide bonds. The van der Waals surface area contributed by atoms with E-state index in [1.54, 1.807) is 6.08 Å². The summed E-state index contributed by atoms with van der Waals surface area (Å²) in [5.74, 6) is -1.20. The number of allylic oxidation sites excluding steroid dienone is 11. The van der Waals surface area contributed by atoms with Gasteiger partial charge in [0.1, 0.15) is 24.4 Å². The Balaban J connectivity index is 2.66. The topological polar surface area (TPSA) is 175 Å². The number of aliphatic hydroxyl groups is 5. The predicted octanol–water partition coefficient (Wildman–Crippen LogP) is 14.8. The normalized spacial score (nSPS) is 19.6. The van der Waals surface area contributed by atoms with Crippen LogP contribution in [0.25, 0.3) is 0 Å². The zero-order valence-corrected chi connectivity index (χ0v) is 48.6. The van der Waals surface area contributed by atoms with Gasteiger partial charge in [0.05, 0.1) is 25.4 Å². The van der Waals surface area contributed by atoms with Crippen LogP contribution >= 0.6 is 0 Å². The average Bonchev–Trinajstić information content (AvgIpc) is 3.42. The van der Waals surface area contributed by atoms with E-state index in [-0.39, 0.29) is 19.4 Å². The lowest BCUT2D eigenvalue weighted by Gasteiger charge is -2.41. The maximum Gasteiger partial charge on any atom is 0.306 e. The molecular formula is C65H115NO10. The molecule has 0 aliphatic carbocycles. The summed E-state index contributed by atoms with van der Waals surface area (Å²) in [7, 11) is 0. The average molecular weight is 1070 g/mol. The Morgan fingerprint density at radius 2 is 0.947 bits per heavy atom. The van der Waals surface area contributed by atoms with Gasteiger partial charge in [-0.05, 0) is 70.6 Å². The SMILES string of the molecule is CC/C=C\C/C=C\C/C=C\C/C=C\C/C=C\CCCCCCCCC(O)C(=O)NC(COC1OC(CO)C(O)C(O)C1OC(=O)CCCCCCCCCCCCCCCC)C(O)/C=C/CCCCCCCCCCC. The highest BCUT2D eigenvalue weighted by Gasteiger charge is 2.47. The molecule has 440 valence electrons. The lowest BCUT2D eigenvalue weighted by Crippen LogP contribution is -2.61. The highest BCUT2D eigenvalue weighted by Crippen LogP contribution is 2.26. The number of carbonyl (C=O) groups excluding carboxylic acids is 2. The summed E-state index contributed by atoms with van der Waals surface area (Å²) < 4.78 is 17.6. The minimum atomic E-state index is -1.61. The summed E-state index contributed by atoms with van der Waals surface area (Å²) in [6.45, 7) is 5.66. The Morgan fingerprint density at radius 3 is 1.42 bits per heavy atom. The van der Waals surface area contributed by atoms with Crippen LogP contribution in [0.3, 0.4) is 0 Å². The number of carbonyl (C=O) groups is 2. The van der Waals surface area contributed by atoms with Crippen molar-refractivity contribution in [2.75, 3.05) is 13.2 Å². The van der Waals surface area contributed by atoms with Crippen LogP contribution in [0.15, 0.2) is 72.9 Å². The van der Waals surface area contributed by atoms with E-state index in [1.807, 2.05) is 6.08 Å². The van der Waals surface area contributed by atoms with Gasteiger partial charge in [-0.2, -0.15) is 0 Å². The van der Waals surface area contributed by atoms with Gasteiger partial charge in [-0.3, -0.25) is 9.59 Å². The predicted molar refractivity (Wildman–Crippen MR) is 315 cm³/mol. The first-order valence-corrected chi connectivity index (χ1v) is 31.2. The number of hydrogen-bond acceptors (Lipinski definition) is 10. The van der Waals surface area contributed by atoms with Crippen molar-refractivity contribution in [3.8, 4) is 0 Å². The molecule has 11 heteroatoms. The highest BCUT2D eigenvalue weighted by molar-refractivity contribution is 5.80. The third kappa shape index (κ3) is 40.3. The lowest BCUT2D eigenvalue weighted by atomic mass is 9.99. The van der Waals surface area contributed by atoms with Crippen LogP contribution < -0.4 is 5.32 Å². The summed E-state index contributed by atoms with van der Waals surface area (Å²) in [5.41, 5.74) is 0. The first-order chi connectivity index (χ1) is 37.2. The van der Waals surface area contributed by atoms with Gasteiger partial charge >= 0.3 is 5.97 Å². The molecule has 0 spiro atoms. The summed E-state index contributed by atoms with van der Waals surface area (Å²) in [6, 6.07) is -1.03. The Kier molecular flexibility index (Phi) is 49.4. The van der Waals surface area contributed by atoms with E-state index in [1.165, 1.54) is 109 Å². The Morgan fingerprint density at radius 1 is 0.526 bits per heavy atom. The molecule has 0 aromatic rings. The minimum Gasteiger partial charge on any atom is -0.454 e. The fourth-order valence-electron chi connectivity index (χ4n) is 9.44. The first-order valence-electron chi connectivity index (χ1n) is 31.2. The van der Waals surface area contributed by atoms with Crippen LogP contribution in [0.4, 0.5) is 0 Å². The molecule has 0 radical (unpaired) electrons. The maximum atomic E-state index is 13.4. The van der Waals surface area contributed by atoms with E-state index in [2.05, 4.69) is 86.8 Å². The van der Waals surface area contributed by atoms with Crippen molar-refractivity contribution < 1.29 is 49.3 Å². The van der Waals surface area contributed by atoms with Crippen LogP contribution in [-0.4, -0.2) is 99.6 Å². The monoisotopic (exact) mass is 1070 g/mol. The number of nitrogens with one attached hydrogen (secondary N) is 1. The minimum absolute atomic E-state index is 0.123. The molecule has 0 bridgehead atoms. The zero-order valence-electron chi connectivity index (χ0n) is 48.6. The third-order valence-electron chi connectivity index (χ3n) is 14.4. The van der Waals surface area contributed by atoms with Crippen molar-refractivity contribution in [2.24, 2.45) is 0 Å². The van der Waals surface area contributed by atoms with Gasteiger partial charge in [-0.25, -0.2) is 0 Å². The van der Waals surface area contributed by atoms with Crippen molar-refractivity contribution in [3.05, 3.63) is 72.9 Å². The molecule has 76 heavy (non-hydrogen) atoms. The summed E-state index contributed by atoms with van der Waals surface area (Å²) >= 11 is 0. The number of esters is 1. The van der Waals surface area contributed by atoms with Crippen molar-refractivity contribution in [3.63, 3.8) is 0 Å². The Hall–Kier alpha value is -2.90. The number of aliphatic hydroxyl groups excluding tert-OH is 5. The zero-order chi connectivity index (χ0) is 55.4. The summed E-state index contributed by atoms with van der Waals surface area (Å²) in [6.07, 6.45) is 56.5. The molecule has 1 aliphatic rings. The molecule has 1 rings (SSSR count). The second-order valence-corrected chi connectivity index (χ2v) is 21.4. The number of ether oxygens (including phenoxy) is 3. The van der Waals surface area contributed by atoms with E-state index >= 15 is 0 Å². The maximum absolute atomic E-state index is 13.4. The van der Waals surface area contributed by atoms with Gasteiger partial charge in [0, 0.05) is 6.42 Å². The van der Waals surface area contributed by atoms with Crippen LogP contribution in [0.2, 0.25) is 0 Å². The largest absolute Gasteiger partial charge is 0.454 e. The van der Waals surface area contributed by atoms with E-state index < -0.39 is 67.4 Å². The third-order valence-corrected chi connectivity index (χ3v) is 14.4. The molecular weight excluding hydrogens is 955 g/mol. The van der Waals surface area contributed by atoms with E-state index in [9.17, 15) is 35.1 Å². The standard InChI is InChI=1S/C65H115NO10/c1-4-7-10-13-16-19-22-24-26-27-28-29-30-31-32-33-34-37-40-43-46-49-52-58(69)64(73)66-56(57(68)51-48-45-42-39-36-21-18-15-12-9-6-3)55-74-65-63(62(72)61(71)59(54-67)75-65)76-60(70)53-50-47-44-41-38-35-25-23-20-17-14-11-8-5-2/h7,10,16,19,24,26,28-29,31-32,48,51,56-59,61-63,65,67-69,71-72H,4-6,8-9,11-15,17-18,20-23,25,27,30,33-47,49-50,52-55H2,1-3H3,(H,66,73)/b10-7-,19-16-,26-24-,29-28-,32-31-,51-48+. The Labute approximate surface area is 464 Å². The number of rotatable bonds is 52. The van der Waals surface area contributed by atoms with Gasteiger partial charge in [-0.15, -0.1) is 0 Å². The highest BCUT2D eigenvalue weighted by atomic mass is 16.7. The quantitative estimate of drug-likeness (QED) is 0.0195. The van der Waals surface area contributed by atoms with Crippen molar-refractivity contribution in [2.45, 2.75) is 314 Å². The molecule has 1 fully saturated rings. The molecule has 1 heterocycles. The second-order valence-electron chi connectivity index (χ2n) is 21.4. The van der Waals surface area contributed by atoms with Gasteiger partial charge < -0.3 is 45.1 Å². The summed E-state index contributed by atoms with van der Waals surface area (Å²) in [4.78, 5) is 26.5. The van der Waals surface area contributed by atoms with Crippen molar-refractivity contribution in [1.82, 2.24) is 5.32 Å². The molecule has 6 N–H and O–H groups in total. The second kappa shape index (κ2) is 52.8. The molecule has 8 unspecified atom stereocenters. The number of amides is 1. The van der Waals surface area contributed by atoms with Crippen LogP contribution in [0.5, 0.6) is 0 Å². The Bertz CT molecular complexity index is 1510. The molecule has 0 aromatic heterocycles. The lowest BCUT2D eigenvalue weighted by molar-refractivity contribution is -0.305. The first kappa shape index (κ1) is 71.1. The van der Waals surface area contributed by atoms with E-state index in [0.717, 1.165) is 109 Å². The molecule has 1 saturated heterocycles. The van der Waals surface area contributed by atoms with Crippen LogP contribution in [-0.2, 0) is 23.8 Å². The smallest absolute Gasteiger partial charge is 0.306 e. The number of unbranched alkanes of at least 4 members (excludes halogenated alkanes) is 28. The van der Waals surface area contributed by atoms with Crippen LogP contribution in [0, 0.1) is 0 Å². The fourth-order valence-corrected chi connectivity index (χ4v) is 9.44. The van der Waals surface area contributed by atoms with E-state index in [0.29, 0.717) is 12.8 Å². The summed E-state index contributed by atoms with van der Waals surface area (Å²) in [5, 5.41) is 56.9. The molecule has 0 saturated carbocycles. The van der Waals surface area contributed by atoms with E-state index in [4.69, 9.17) is 14.2 Å². The van der Waals surface area contributed by atoms with Crippen LogP contribution in [0.1, 0.15) is 265 Å². The van der Waals surface area contributed by atoms with Gasteiger partial charge in [-0.1, -0.05) is 261 Å². The number of hydrogen-bond donors (Lipinski definition) is 6. The molecule has 0 aromatic carbocycles. The van der Waals surface area contributed by atoms with Gasteiger partial charge in [0.15, 0.2) is 12.4 Å². The molecule has 11 nitrogen and oxygen atoms in total. The van der Waals surface area contributed by atoms with Gasteiger partial charge in [0.2, 0.25) is 5.91 Å². The fraction of sp³-hybridized carbons (Fsp3) is 0.785. The van der Waals surface area contributed by atoms with Gasteiger partial charge in [0.25, 0.3) is 0 Å². The molecule has 8 atom stereocenters. The van der Waals surface area contributed by atoms with Crippen molar-refractivity contribution >= 4 is 11.9 Å². The molecule has 1 aliphatic heterocycles. The van der Waals surface area contributed by atoms with Crippen molar-refractivity contribution in [1.29, 1.82) is 0 Å².